The van der Waals surface area contributed by atoms with Crippen LogP contribution in [0.2, 0.25) is 0 Å². The van der Waals surface area contributed by atoms with Crippen LogP contribution in [0.3, 0.4) is 0 Å². The van der Waals surface area contributed by atoms with Gasteiger partial charge in [0.1, 0.15) is 11.9 Å². The Hall–Kier alpha value is -3.73. The molecule has 4 aromatic rings. The number of nitrogens with zero attached hydrogens (tertiary/aromatic N) is 1. The highest BCUT2D eigenvalue weighted by Gasteiger charge is 2.27. The number of carbonyl (C=O) groups excluding carboxylic acids is 1. The monoisotopic (exact) mass is 536 g/mol. The van der Waals surface area contributed by atoms with Crippen molar-refractivity contribution in [2.75, 3.05) is 36.5 Å². The highest BCUT2D eigenvalue weighted by molar-refractivity contribution is 7.89. The van der Waals surface area contributed by atoms with E-state index < -0.39 is 27.8 Å². The summed E-state index contributed by atoms with van der Waals surface area (Å²) in [6, 6.07) is 17.3. The van der Waals surface area contributed by atoms with Crippen LogP contribution in [0.25, 0.3) is 10.9 Å². The van der Waals surface area contributed by atoms with Gasteiger partial charge >= 0.3 is 0 Å². The van der Waals surface area contributed by atoms with Gasteiger partial charge in [-0.15, -0.1) is 0 Å². The summed E-state index contributed by atoms with van der Waals surface area (Å²) in [5, 5.41) is 3.59. The van der Waals surface area contributed by atoms with Gasteiger partial charge in [-0.1, -0.05) is 35.9 Å². The van der Waals surface area contributed by atoms with Crippen molar-refractivity contribution in [3.05, 3.63) is 89.9 Å². The summed E-state index contributed by atoms with van der Waals surface area (Å²) in [6.07, 6.45) is 1.86. The first-order valence-electron chi connectivity index (χ1n) is 12.4. The first-order valence-corrected chi connectivity index (χ1v) is 13.9. The molecular weight excluding hydrogens is 507 g/mol. The molecule has 0 spiro atoms. The van der Waals surface area contributed by atoms with Gasteiger partial charge in [0.2, 0.25) is 15.9 Å². The Labute approximate surface area is 220 Å². The fraction of sp³-hybridized carbons (Fsp3) is 0.250. The van der Waals surface area contributed by atoms with Crippen LogP contribution in [-0.2, 0) is 26.0 Å². The molecule has 1 amide bonds. The normalized spacial score (nSPS) is 14.9. The van der Waals surface area contributed by atoms with Crippen molar-refractivity contribution in [1.29, 1.82) is 0 Å². The number of hydrogen-bond acceptors (Lipinski definition) is 5. The third-order valence-corrected chi connectivity index (χ3v) is 8.10. The molecule has 5 rings (SSSR count). The average molecular weight is 537 g/mol. The number of ether oxygens (including phenoxy) is 1. The molecule has 1 aliphatic rings. The van der Waals surface area contributed by atoms with Crippen LogP contribution in [0.5, 0.6) is 0 Å². The molecule has 0 aliphatic carbocycles. The molecule has 198 valence electrons. The second kappa shape index (κ2) is 10.9. The summed E-state index contributed by atoms with van der Waals surface area (Å²) in [7, 11) is -4.01. The molecule has 10 heteroatoms. The predicted octanol–water partition coefficient (Wildman–Crippen LogP) is 3.98. The van der Waals surface area contributed by atoms with Crippen LogP contribution in [0.15, 0.2) is 77.8 Å². The fourth-order valence-electron chi connectivity index (χ4n) is 4.56. The fourth-order valence-corrected chi connectivity index (χ4v) is 5.75. The summed E-state index contributed by atoms with van der Waals surface area (Å²) in [4.78, 5) is 18.5. The van der Waals surface area contributed by atoms with E-state index in [-0.39, 0.29) is 17.0 Å². The van der Waals surface area contributed by atoms with Gasteiger partial charge in [-0.2, -0.15) is 4.72 Å². The Bertz CT molecular complexity index is 1550. The zero-order valence-electron chi connectivity index (χ0n) is 20.9. The van der Waals surface area contributed by atoms with E-state index in [9.17, 15) is 17.6 Å². The molecule has 1 saturated heterocycles. The summed E-state index contributed by atoms with van der Waals surface area (Å²) >= 11 is 0. The van der Waals surface area contributed by atoms with Crippen molar-refractivity contribution in [1.82, 2.24) is 9.71 Å². The lowest BCUT2D eigenvalue weighted by molar-refractivity contribution is -0.117. The molecular formula is C28H29FN4O4S. The lowest BCUT2D eigenvalue weighted by atomic mass is 10.0. The standard InChI is InChI=1S/C28H29FN4O4S/c1-19-6-9-22(10-7-19)38(35,36)32-26(16-20-18-30-25-5-3-2-4-23(20)25)28(34)31-21-8-11-27(24(29)17-21)33-12-14-37-15-13-33/h2-11,17-18,26,30,32H,12-16H2,1H3,(H,31,34)/t26-/m0/s1. The molecule has 0 radical (unpaired) electrons. The van der Waals surface area contributed by atoms with Crippen LogP contribution >= 0.6 is 0 Å². The number of amides is 1. The number of sulfonamides is 1. The van der Waals surface area contributed by atoms with Crippen LogP contribution < -0.4 is 14.9 Å². The van der Waals surface area contributed by atoms with Crippen molar-refractivity contribution in [2.24, 2.45) is 0 Å². The number of rotatable bonds is 8. The van der Waals surface area contributed by atoms with Crippen LogP contribution in [0, 0.1) is 12.7 Å². The minimum absolute atomic E-state index is 0.0562. The average Bonchev–Trinajstić information content (AvgIpc) is 3.32. The molecule has 1 atom stereocenters. The van der Waals surface area contributed by atoms with Crippen LogP contribution in [-0.4, -0.2) is 51.7 Å². The van der Waals surface area contributed by atoms with Crippen LogP contribution in [0.1, 0.15) is 11.1 Å². The predicted molar refractivity (Wildman–Crippen MR) is 145 cm³/mol. The number of anilines is 2. The molecule has 0 saturated carbocycles. The summed E-state index contributed by atoms with van der Waals surface area (Å²) in [5.74, 6) is -1.07. The number of para-hydroxylation sites is 1. The SMILES string of the molecule is Cc1ccc(S(=O)(=O)N[C@@H](Cc2c[nH]c3ccccc23)C(=O)Nc2ccc(N3CCOCC3)c(F)c2)cc1. The topological polar surface area (TPSA) is 104 Å². The van der Waals surface area contributed by atoms with E-state index in [0.717, 1.165) is 22.0 Å². The molecule has 3 aromatic carbocycles. The maximum Gasteiger partial charge on any atom is 0.242 e. The molecule has 8 nitrogen and oxygen atoms in total. The van der Waals surface area contributed by atoms with Crippen molar-refractivity contribution in [3.8, 4) is 0 Å². The highest BCUT2D eigenvalue weighted by Crippen LogP contribution is 2.25. The maximum atomic E-state index is 14.9. The Kier molecular flexibility index (Phi) is 7.46. The molecule has 0 unspecified atom stereocenters. The Morgan fingerprint density at radius 3 is 2.55 bits per heavy atom. The van der Waals surface area contributed by atoms with E-state index in [0.29, 0.717) is 32.0 Å². The van der Waals surface area contributed by atoms with Gasteiger partial charge in [0.15, 0.2) is 0 Å². The zero-order chi connectivity index (χ0) is 26.7. The number of H-pyrrole nitrogens is 1. The highest BCUT2D eigenvalue weighted by atomic mass is 32.2. The lowest BCUT2D eigenvalue weighted by Gasteiger charge is -2.29. The quantitative estimate of drug-likeness (QED) is 0.316. The van der Waals surface area contributed by atoms with Gasteiger partial charge < -0.3 is 19.9 Å². The Balaban J connectivity index is 1.40. The molecule has 2 heterocycles. The van der Waals surface area contributed by atoms with E-state index in [4.69, 9.17) is 4.74 Å². The molecule has 3 N–H and O–H groups in total. The van der Waals surface area contributed by atoms with Gasteiger partial charge in [-0.3, -0.25) is 4.79 Å². The van der Waals surface area contributed by atoms with E-state index >= 15 is 0 Å². The van der Waals surface area contributed by atoms with Gasteiger partial charge in [0.25, 0.3) is 0 Å². The van der Waals surface area contributed by atoms with Gasteiger partial charge in [-0.25, -0.2) is 12.8 Å². The summed E-state index contributed by atoms with van der Waals surface area (Å²) < 4.78 is 49.2. The van der Waals surface area contributed by atoms with Crippen molar-refractivity contribution in [2.45, 2.75) is 24.3 Å². The Morgan fingerprint density at radius 2 is 1.82 bits per heavy atom. The zero-order valence-corrected chi connectivity index (χ0v) is 21.7. The minimum atomic E-state index is -4.01. The smallest absolute Gasteiger partial charge is 0.242 e. The second-order valence-corrected chi connectivity index (χ2v) is 11.0. The minimum Gasteiger partial charge on any atom is -0.378 e. The molecule has 1 fully saturated rings. The van der Waals surface area contributed by atoms with Crippen LogP contribution in [0.4, 0.5) is 15.8 Å². The number of aromatic amines is 1. The number of nitrogens with one attached hydrogen (secondary N) is 3. The third kappa shape index (κ3) is 5.72. The molecule has 0 bridgehead atoms. The van der Waals surface area contributed by atoms with Crippen molar-refractivity contribution in [3.63, 3.8) is 0 Å². The summed E-state index contributed by atoms with van der Waals surface area (Å²) in [5.41, 5.74) is 3.24. The van der Waals surface area contributed by atoms with E-state index in [1.807, 2.05) is 36.1 Å². The number of carbonyl (C=O) groups is 1. The number of halogens is 1. The van der Waals surface area contributed by atoms with Gasteiger partial charge in [0.05, 0.1) is 23.8 Å². The van der Waals surface area contributed by atoms with E-state index in [2.05, 4.69) is 15.0 Å². The molecule has 38 heavy (non-hydrogen) atoms. The van der Waals surface area contributed by atoms with Gasteiger partial charge in [-0.05, 0) is 55.3 Å². The van der Waals surface area contributed by atoms with Crippen molar-refractivity contribution >= 4 is 38.2 Å². The van der Waals surface area contributed by atoms with E-state index in [1.54, 1.807) is 30.5 Å². The number of aryl methyl sites for hydroxylation is 1. The first kappa shape index (κ1) is 25.9. The number of benzene rings is 3. The lowest BCUT2D eigenvalue weighted by Crippen LogP contribution is -2.45. The number of hydrogen-bond donors (Lipinski definition) is 3. The summed E-state index contributed by atoms with van der Waals surface area (Å²) in [6.45, 7) is 4.07. The number of fused-ring (bicyclic) bond motifs is 1. The number of morpholine rings is 1. The Morgan fingerprint density at radius 1 is 1.08 bits per heavy atom. The maximum absolute atomic E-state index is 14.9. The molecule has 1 aliphatic heterocycles. The second-order valence-electron chi connectivity index (χ2n) is 9.31. The van der Waals surface area contributed by atoms with E-state index in [1.165, 1.54) is 18.2 Å². The first-order chi connectivity index (χ1) is 18.3. The third-order valence-electron chi connectivity index (χ3n) is 6.61. The largest absolute Gasteiger partial charge is 0.378 e. The van der Waals surface area contributed by atoms with Gasteiger partial charge in [0, 0.05) is 35.9 Å². The molecule has 1 aromatic heterocycles. The number of aromatic nitrogens is 1. The van der Waals surface area contributed by atoms with Crippen molar-refractivity contribution < 1.29 is 22.3 Å².